The number of rotatable bonds is 1. The molecule has 4 nitrogen and oxygen atoms in total. The Morgan fingerprint density at radius 3 is 2.36 bits per heavy atom. The van der Waals surface area contributed by atoms with Gasteiger partial charge in [-0.3, -0.25) is 4.79 Å². The van der Waals surface area contributed by atoms with E-state index in [0.29, 0.717) is 25.4 Å². The Morgan fingerprint density at radius 2 is 1.67 bits per heavy atom. The number of ether oxygens (including phenoxy) is 2. The summed E-state index contributed by atoms with van der Waals surface area (Å²) in [5.74, 6) is 1.95. The topological polar surface area (TPSA) is 38.8 Å². The molecule has 0 saturated heterocycles. The van der Waals surface area contributed by atoms with Crippen molar-refractivity contribution in [3.8, 4) is 11.5 Å². The van der Waals surface area contributed by atoms with Crippen molar-refractivity contribution in [1.29, 1.82) is 0 Å². The van der Waals surface area contributed by atoms with Crippen LogP contribution < -0.4 is 9.47 Å². The summed E-state index contributed by atoms with van der Waals surface area (Å²) in [6.07, 6.45) is 5.69. The van der Waals surface area contributed by atoms with Gasteiger partial charge in [0.05, 0.1) is 13.2 Å². The molecule has 0 fully saturated rings. The lowest BCUT2D eigenvalue weighted by Crippen LogP contribution is -2.40. The molecule has 0 spiro atoms. The van der Waals surface area contributed by atoms with Gasteiger partial charge in [-0.1, -0.05) is 58.9 Å². The first-order valence-electron chi connectivity index (χ1n) is 13.4. The first-order valence-corrected chi connectivity index (χ1v) is 13.4. The minimum Gasteiger partial charge on any atom is -0.490 e. The smallest absolute Gasteiger partial charge is 0.162 e. The van der Waals surface area contributed by atoms with E-state index >= 15 is 0 Å². The van der Waals surface area contributed by atoms with Gasteiger partial charge in [-0.15, -0.1) is 0 Å². The second-order valence-electron chi connectivity index (χ2n) is 12.6. The van der Waals surface area contributed by atoms with Gasteiger partial charge in [0.15, 0.2) is 17.3 Å². The molecule has 0 N–H and O–H groups in total. The van der Waals surface area contributed by atoms with E-state index in [-0.39, 0.29) is 16.7 Å². The summed E-state index contributed by atoms with van der Waals surface area (Å²) >= 11 is 0. The average Bonchev–Trinajstić information content (AvgIpc) is 3.05. The van der Waals surface area contributed by atoms with E-state index in [2.05, 4.69) is 82.0 Å². The third-order valence-corrected chi connectivity index (χ3v) is 8.14. The molecule has 2 aromatic carbocycles. The fourth-order valence-corrected chi connectivity index (χ4v) is 6.24. The van der Waals surface area contributed by atoms with Crippen LogP contribution in [0, 0.1) is 5.41 Å². The summed E-state index contributed by atoms with van der Waals surface area (Å²) in [6.45, 7) is 13.4. The third kappa shape index (κ3) is 3.95. The lowest BCUT2D eigenvalue weighted by Gasteiger charge is -2.46. The van der Waals surface area contributed by atoms with Crippen LogP contribution in [0.1, 0.15) is 82.1 Å². The summed E-state index contributed by atoms with van der Waals surface area (Å²) < 4.78 is 12.1. The molecule has 36 heavy (non-hydrogen) atoms. The third-order valence-electron chi connectivity index (χ3n) is 8.14. The molecule has 3 heterocycles. The second kappa shape index (κ2) is 8.26. The van der Waals surface area contributed by atoms with Gasteiger partial charge in [-0.25, -0.2) is 0 Å². The first kappa shape index (κ1) is 23.4. The molecular weight excluding hydrogens is 446 g/mol. The van der Waals surface area contributed by atoms with Crippen LogP contribution in [0.25, 0.3) is 5.70 Å². The summed E-state index contributed by atoms with van der Waals surface area (Å²) in [6, 6.07) is 13.3. The molecule has 4 heteroatoms. The molecular formula is C32H37NO3. The van der Waals surface area contributed by atoms with Crippen molar-refractivity contribution in [1.82, 2.24) is 4.90 Å². The minimum absolute atomic E-state index is 0.0363. The Labute approximate surface area is 215 Å². The van der Waals surface area contributed by atoms with Crippen molar-refractivity contribution in [2.45, 2.75) is 71.6 Å². The van der Waals surface area contributed by atoms with Crippen LogP contribution >= 0.6 is 0 Å². The van der Waals surface area contributed by atoms with E-state index in [1.54, 1.807) is 0 Å². The van der Waals surface area contributed by atoms with E-state index in [1.807, 2.05) is 0 Å². The molecule has 0 unspecified atom stereocenters. The molecule has 0 saturated carbocycles. The Bertz CT molecular complexity index is 1290. The maximum Gasteiger partial charge on any atom is 0.162 e. The second-order valence-corrected chi connectivity index (χ2v) is 12.6. The zero-order valence-electron chi connectivity index (χ0n) is 22.2. The van der Waals surface area contributed by atoms with Crippen LogP contribution in [0.4, 0.5) is 0 Å². The highest BCUT2D eigenvalue weighted by Crippen LogP contribution is 2.51. The average molecular weight is 484 g/mol. The Morgan fingerprint density at radius 1 is 0.972 bits per heavy atom. The van der Waals surface area contributed by atoms with Gasteiger partial charge >= 0.3 is 0 Å². The summed E-state index contributed by atoms with van der Waals surface area (Å²) in [7, 11) is 0. The fraction of sp³-hybridized carbons (Fsp3) is 0.469. The van der Waals surface area contributed by atoms with Crippen LogP contribution in [-0.2, 0) is 16.6 Å². The lowest BCUT2D eigenvalue weighted by atomic mass is 9.69. The van der Waals surface area contributed by atoms with Crippen molar-refractivity contribution >= 4 is 11.5 Å². The number of fused-ring (bicyclic) bond motifs is 5. The van der Waals surface area contributed by atoms with E-state index < -0.39 is 0 Å². The normalized spacial score (nSPS) is 22.8. The van der Waals surface area contributed by atoms with Crippen molar-refractivity contribution in [2.24, 2.45) is 5.41 Å². The predicted octanol–water partition coefficient (Wildman–Crippen LogP) is 6.79. The highest BCUT2D eigenvalue weighted by molar-refractivity contribution is 6.01. The Balaban J connectivity index is 1.50. The minimum atomic E-state index is -0.0377. The molecule has 3 aliphatic heterocycles. The molecule has 1 atom stereocenters. The number of carbonyl (C=O) groups excluding carboxylic acids is 1. The van der Waals surface area contributed by atoms with Crippen LogP contribution in [0.2, 0.25) is 0 Å². The molecule has 188 valence electrons. The van der Waals surface area contributed by atoms with Gasteiger partial charge in [0.25, 0.3) is 0 Å². The van der Waals surface area contributed by atoms with Gasteiger partial charge in [0.2, 0.25) is 0 Å². The standard InChI is InChI=1S/C32H37NO3/c1-31(2,3)22-9-7-20(8-10-22)24-16-25-23-17-29-28(35-13-6-14-36-29)15-21(23)11-12-33(25)26-18-32(4,5)19-27(34)30(24)26/h7-10,15-17,24H,6,11-14,18-19H2,1-5H3/t24-/m1/s1. The van der Waals surface area contributed by atoms with Crippen molar-refractivity contribution in [3.05, 3.63) is 76.0 Å². The van der Waals surface area contributed by atoms with E-state index in [0.717, 1.165) is 42.9 Å². The SMILES string of the molecule is CC1(C)CC(=O)C2=C(C1)N1CCc3cc4c(cc3C1=C[C@@H]2c1ccc(C(C)(C)C)cc1)OCCCO4. The van der Waals surface area contributed by atoms with Crippen LogP contribution in [-0.4, -0.2) is 30.4 Å². The van der Waals surface area contributed by atoms with Crippen molar-refractivity contribution in [3.63, 3.8) is 0 Å². The van der Waals surface area contributed by atoms with E-state index in [1.165, 1.54) is 33.6 Å². The van der Waals surface area contributed by atoms with Gasteiger partial charge in [0, 0.05) is 47.8 Å². The zero-order valence-corrected chi connectivity index (χ0v) is 22.2. The fourth-order valence-electron chi connectivity index (χ4n) is 6.24. The van der Waals surface area contributed by atoms with Gasteiger partial charge in [0.1, 0.15) is 0 Å². The number of benzene rings is 2. The molecule has 1 aliphatic carbocycles. The first-order chi connectivity index (χ1) is 17.1. The van der Waals surface area contributed by atoms with Gasteiger partial charge < -0.3 is 14.4 Å². The maximum absolute atomic E-state index is 13.7. The summed E-state index contributed by atoms with van der Waals surface area (Å²) in [5.41, 5.74) is 8.50. The zero-order chi connectivity index (χ0) is 25.2. The molecule has 2 aromatic rings. The molecule has 0 aromatic heterocycles. The van der Waals surface area contributed by atoms with Crippen LogP contribution in [0.5, 0.6) is 11.5 Å². The monoisotopic (exact) mass is 483 g/mol. The molecule has 6 rings (SSSR count). The highest BCUT2D eigenvalue weighted by atomic mass is 16.5. The van der Waals surface area contributed by atoms with E-state index in [9.17, 15) is 4.79 Å². The Kier molecular flexibility index (Phi) is 5.37. The van der Waals surface area contributed by atoms with Crippen molar-refractivity contribution in [2.75, 3.05) is 19.8 Å². The molecule has 0 radical (unpaired) electrons. The maximum atomic E-state index is 13.7. The van der Waals surface area contributed by atoms with Crippen molar-refractivity contribution < 1.29 is 14.3 Å². The summed E-state index contributed by atoms with van der Waals surface area (Å²) in [5, 5.41) is 0. The number of hydrogen-bond acceptors (Lipinski definition) is 4. The highest BCUT2D eigenvalue weighted by Gasteiger charge is 2.42. The number of carbonyl (C=O) groups is 1. The van der Waals surface area contributed by atoms with E-state index in [4.69, 9.17) is 9.47 Å². The van der Waals surface area contributed by atoms with Gasteiger partial charge in [-0.05, 0) is 58.6 Å². The Hall–Kier alpha value is -3.01. The number of ketones is 1. The predicted molar refractivity (Wildman–Crippen MR) is 143 cm³/mol. The van der Waals surface area contributed by atoms with Crippen LogP contribution in [0.15, 0.2) is 53.7 Å². The van der Waals surface area contributed by atoms with Crippen LogP contribution in [0.3, 0.4) is 0 Å². The number of Topliss-reactive ketones (excluding diaryl/α,β-unsaturated/α-hetero) is 1. The molecule has 4 aliphatic rings. The molecule has 0 amide bonds. The number of allylic oxidation sites excluding steroid dienone is 3. The van der Waals surface area contributed by atoms with Gasteiger partial charge in [-0.2, -0.15) is 0 Å². The largest absolute Gasteiger partial charge is 0.490 e. The quantitative estimate of drug-likeness (QED) is 0.448. The lowest BCUT2D eigenvalue weighted by molar-refractivity contribution is -0.118. The number of nitrogens with zero attached hydrogens (tertiary/aromatic N) is 1. The number of hydrogen-bond donors (Lipinski definition) is 0. The summed E-state index contributed by atoms with van der Waals surface area (Å²) in [4.78, 5) is 16.1. The molecule has 0 bridgehead atoms.